The lowest BCUT2D eigenvalue weighted by Crippen LogP contribution is -2.05. The molecule has 0 rings (SSSR count). The number of Topliss-reactive ketones (excluding diaryl/α,β-unsaturated/α-hetero) is 1. The van der Waals surface area contributed by atoms with Gasteiger partial charge < -0.3 is 9.84 Å². The zero-order chi connectivity index (χ0) is 12.4. The lowest BCUT2D eigenvalue weighted by Gasteiger charge is -2.01. The molecule has 16 heavy (non-hydrogen) atoms. The summed E-state index contributed by atoms with van der Waals surface area (Å²) in [4.78, 5) is 31.9. The Morgan fingerprint density at radius 3 is 2.38 bits per heavy atom. The summed E-state index contributed by atoms with van der Waals surface area (Å²) in [6.45, 7) is 3.51. The molecule has 5 nitrogen and oxygen atoms in total. The van der Waals surface area contributed by atoms with Gasteiger partial charge in [0.2, 0.25) is 0 Å². The second kappa shape index (κ2) is 8.64. The molecule has 0 bridgehead atoms. The maximum Gasteiger partial charge on any atom is 0.330 e. The van der Waals surface area contributed by atoms with E-state index in [0.717, 1.165) is 6.08 Å². The van der Waals surface area contributed by atoms with Crippen molar-refractivity contribution in [1.29, 1.82) is 0 Å². The Balaban J connectivity index is 3.37. The SMILES string of the molecule is C=CC(=O)OCCCCC(=O)CCC(=O)O. The molecule has 0 unspecified atom stereocenters. The Kier molecular flexibility index (Phi) is 7.75. The second-order valence-electron chi connectivity index (χ2n) is 3.26. The van der Waals surface area contributed by atoms with Crippen molar-refractivity contribution >= 4 is 17.7 Å². The summed E-state index contributed by atoms with van der Waals surface area (Å²) in [7, 11) is 0. The van der Waals surface area contributed by atoms with Crippen LogP contribution in [0.3, 0.4) is 0 Å². The van der Waals surface area contributed by atoms with Crippen LogP contribution in [0.25, 0.3) is 0 Å². The molecular weight excluding hydrogens is 212 g/mol. The number of carbonyl (C=O) groups excluding carboxylic acids is 2. The molecule has 0 spiro atoms. The van der Waals surface area contributed by atoms with E-state index in [-0.39, 0.29) is 25.2 Å². The number of ether oxygens (including phenoxy) is 1. The summed E-state index contributed by atoms with van der Waals surface area (Å²) in [6.07, 6.45) is 2.56. The number of ketones is 1. The minimum atomic E-state index is -0.965. The third-order valence-electron chi connectivity index (χ3n) is 1.88. The molecule has 0 saturated heterocycles. The first-order chi connectivity index (χ1) is 7.56. The van der Waals surface area contributed by atoms with Crippen molar-refractivity contribution in [2.75, 3.05) is 6.61 Å². The van der Waals surface area contributed by atoms with Gasteiger partial charge in [-0.25, -0.2) is 4.79 Å². The van der Waals surface area contributed by atoms with Gasteiger partial charge in [0.05, 0.1) is 13.0 Å². The fourth-order valence-corrected chi connectivity index (χ4v) is 1.03. The van der Waals surface area contributed by atoms with Gasteiger partial charge in [-0.3, -0.25) is 9.59 Å². The summed E-state index contributed by atoms with van der Waals surface area (Å²) < 4.78 is 4.71. The maximum absolute atomic E-state index is 11.1. The number of hydrogen-bond donors (Lipinski definition) is 1. The van der Waals surface area contributed by atoms with E-state index >= 15 is 0 Å². The molecule has 0 aromatic heterocycles. The molecule has 0 aromatic rings. The van der Waals surface area contributed by atoms with Crippen LogP contribution in [0.1, 0.15) is 32.1 Å². The van der Waals surface area contributed by atoms with Crippen molar-refractivity contribution in [2.24, 2.45) is 0 Å². The molecule has 0 heterocycles. The van der Waals surface area contributed by atoms with E-state index in [0.29, 0.717) is 19.3 Å². The molecule has 90 valence electrons. The lowest BCUT2D eigenvalue weighted by atomic mass is 10.1. The standard InChI is InChI=1S/C11H16O5/c1-2-11(15)16-8-4-3-5-9(12)6-7-10(13)14/h2H,1,3-8H2,(H,13,14). The number of carboxylic acids is 1. The smallest absolute Gasteiger partial charge is 0.330 e. The van der Waals surface area contributed by atoms with Crippen molar-refractivity contribution in [3.05, 3.63) is 12.7 Å². The Morgan fingerprint density at radius 1 is 1.12 bits per heavy atom. The van der Waals surface area contributed by atoms with Crippen LogP contribution in [0, 0.1) is 0 Å². The molecule has 0 fully saturated rings. The average Bonchev–Trinajstić information content (AvgIpc) is 2.25. The first-order valence-electron chi connectivity index (χ1n) is 5.09. The van der Waals surface area contributed by atoms with E-state index in [9.17, 15) is 14.4 Å². The minimum Gasteiger partial charge on any atom is -0.481 e. The fourth-order valence-electron chi connectivity index (χ4n) is 1.03. The highest BCUT2D eigenvalue weighted by molar-refractivity contribution is 5.82. The van der Waals surface area contributed by atoms with Crippen LogP contribution in [-0.4, -0.2) is 29.4 Å². The van der Waals surface area contributed by atoms with Crippen molar-refractivity contribution in [3.63, 3.8) is 0 Å². The van der Waals surface area contributed by atoms with Crippen molar-refractivity contribution in [1.82, 2.24) is 0 Å². The molecule has 0 saturated carbocycles. The quantitative estimate of drug-likeness (QED) is 0.365. The van der Waals surface area contributed by atoms with Crippen molar-refractivity contribution < 1.29 is 24.2 Å². The van der Waals surface area contributed by atoms with Gasteiger partial charge in [-0.15, -0.1) is 0 Å². The van der Waals surface area contributed by atoms with Crippen LogP contribution in [0.4, 0.5) is 0 Å². The Labute approximate surface area is 94.1 Å². The molecule has 0 aromatic carbocycles. The third-order valence-corrected chi connectivity index (χ3v) is 1.88. The number of rotatable bonds is 9. The van der Waals surface area contributed by atoms with Gasteiger partial charge >= 0.3 is 11.9 Å². The number of aliphatic carboxylic acids is 1. The van der Waals surface area contributed by atoms with Crippen LogP contribution in [0.2, 0.25) is 0 Å². The van der Waals surface area contributed by atoms with Gasteiger partial charge in [-0.2, -0.15) is 0 Å². The first kappa shape index (κ1) is 14.3. The highest BCUT2D eigenvalue weighted by Gasteiger charge is 2.05. The predicted molar refractivity (Wildman–Crippen MR) is 56.9 cm³/mol. The van der Waals surface area contributed by atoms with E-state index in [1.807, 2.05) is 0 Å². The van der Waals surface area contributed by atoms with Crippen LogP contribution in [0.15, 0.2) is 12.7 Å². The van der Waals surface area contributed by atoms with Gasteiger partial charge in [0, 0.05) is 18.9 Å². The monoisotopic (exact) mass is 228 g/mol. The Morgan fingerprint density at radius 2 is 1.81 bits per heavy atom. The Hall–Kier alpha value is -1.65. The summed E-state index contributed by atoms with van der Waals surface area (Å²) in [5, 5.41) is 8.34. The van der Waals surface area contributed by atoms with Gasteiger partial charge in [-0.1, -0.05) is 6.58 Å². The molecular formula is C11H16O5. The maximum atomic E-state index is 11.1. The second-order valence-corrected chi connectivity index (χ2v) is 3.26. The van der Waals surface area contributed by atoms with Gasteiger partial charge in [-0.05, 0) is 12.8 Å². The topological polar surface area (TPSA) is 80.7 Å². The summed E-state index contributed by atoms with van der Waals surface area (Å²) in [5.74, 6) is -1.51. The highest BCUT2D eigenvalue weighted by Crippen LogP contribution is 2.02. The summed E-state index contributed by atoms with van der Waals surface area (Å²) in [6, 6.07) is 0. The van der Waals surface area contributed by atoms with Gasteiger partial charge in [0.1, 0.15) is 5.78 Å². The first-order valence-corrected chi connectivity index (χ1v) is 5.09. The number of unbranched alkanes of at least 4 members (excludes halogenated alkanes) is 1. The highest BCUT2D eigenvalue weighted by atomic mass is 16.5. The number of carbonyl (C=O) groups is 3. The van der Waals surface area contributed by atoms with Crippen molar-refractivity contribution in [3.8, 4) is 0 Å². The van der Waals surface area contributed by atoms with Gasteiger partial charge in [0.25, 0.3) is 0 Å². The van der Waals surface area contributed by atoms with Crippen LogP contribution in [0.5, 0.6) is 0 Å². The molecule has 0 radical (unpaired) electrons. The van der Waals surface area contributed by atoms with Crippen molar-refractivity contribution in [2.45, 2.75) is 32.1 Å². The van der Waals surface area contributed by atoms with Crippen LogP contribution >= 0.6 is 0 Å². The minimum absolute atomic E-state index is 0.0712. The fraction of sp³-hybridized carbons (Fsp3) is 0.545. The molecule has 1 N–H and O–H groups in total. The normalized spacial score (nSPS) is 9.50. The zero-order valence-electron chi connectivity index (χ0n) is 9.11. The van der Waals surface area contributed by atoms with E-state index in [2.05, 4.69) is 6.58 Å². The van der Waals surface area contributed by atoms with E-state index in [1.54, 1.807) is 0 Å². The summed E-state index contributed by atoms with van der Waals surface area (Å²) >= 11 is 0. The number of hydrogen-bond acceptors (Lipinski definition) is 4. The third kappa shape index (κ3) is 8.93. The molecule has 0 aliphatic carbocycles. The molecule has 0 atom stereocenters. The van der Waals surface area contributed by atoms with E-state index in [1.165, 1.54) is 0 Å². The van der Waals surface area contributed by atoms with E-state index in [4.69, 9.17) is 9.84 Å². The van der Waals surface area contributed by atoms with Gasteiger partial charge in [0.15, 0.2) is 0 Å². The molecule has 0 amide bonds. The average molecular weight is 228 g/mol. The van der Waals surface area contributed by atoms with Crippen LogP contribution in [-0.2, 0) is 19.1 Å². The lowest BCUT2D eigenvalue weighted by molar-refractivity contribution is -0.139. The molecule has 0 aliphatic heterocycles. The van der Waals surface area contributed by atoms with E-state index < -0.39 is 11.9 Å². The largest absolute Gasteiger partial charge is 0.481 e. The zero-order valence-corrected chi connectivity index (χ0v) is 9.11. The molecule has 0 aliphatic rings. The summed E-state index contributed by atoms with van der Waals surface area (Å²) in [5.41, 5.74) is 0. The van der Waals surface area contributed by atoms with Crippen LogP contribution < -0.4 is 0 Å². The predicted octanol–water partition coefficient (Wildman–Crippen LogP) is 1.32. The molecule has 5 heteroatoms. The number of esters is 1. The number of carboxylic acid groups (broad SMARTS) is 1. The Bertz CT molecular complexity index is 270.